The van der Waals surface area contributed by atoms with Crippen LogP contribution in [0, 0.1) is 0 Å². The number of ether oxygens (including phenoxy) is 2. The van der Waals surface area contributed by atoms with Gasteiger partial charge in [0.1, 0.15) is 23.9 Å². The molecule has 2 aromatic heterocycles. The third-order valence-electron chi connectivity index (χ3n) is 4.88. The van der Waals surface area contributed by atoms with Crippen LogP contribution >= 0.6 is 0 Å². The van der Waals surface area contributed by atoms with Crippen LogP contribution in [-0.2, 0) is 18.4 Å². The van der Waals surface area contributed by atoms with E-state index in [1.54, 1.807) is 39.7 Å². The Balaban J connectivity index is 2.21. The van der Waals surface area contributed by atoms with Gasteiger partial charge in [0.25, 0.3) is 5.56 Å². The highest BCUT2D eigenvalue weighted by molar-refractivity contribution is 5.97. The zero-order valence-electron chi connectivity index (χ0n) is 18.2. The highest BCUT2D eigenvalue weighted by atomic mass is 16.5. The van der Waals surface area contributed by atoms with Crippen LogP contribution in [0.15, 0.2) is 35.4 Å². The average Bonchev–Trinajstić information content (AvgIpc) is 2.74. The van der Waals surface area contributed by atoms with Crippen LogP contribution in [0.25, 0.3) is 21.9 Å². The van der Waals surface area contributed by atoms with Crippen molar-refractivity contribution in [1.82, 2.24) is 14.5 Å². The number of aliphatic carboxylic acids is 1. The maximum atomic E-state index is 12.8. The molecule has 0 saturated heterocycles. The molecule has 9 heteroatoms. The summed E-state index contributed by atoms with van der Waals surface area (Å²) in [5.74, 6) is 0.664. The van der Waals surface area contributed by atoms with Gasteiger partial charge >= 0.3 is 5.97 Å². The van der Waals surface area contributed by atoms with Crippen molar-refractivity contribution in [3.05, 3.63) is 46.5 Å². The quantitative estimate of drug-likeness (QED) is 0.565. The van der Waals surface area contributed by atoms with Crippen LogP contribution in [0.4, 0.5) is 5.82 Å². The predicted molar refractivity (Wildman–Crippen MR) is 119 cm³/mol. The van der Waals surface area contributed by atoms with Gasteiger partial charge in [0.05, 0.1) is 25.2 Å². The first-order valence-corrected chi connectivity index (χ1v) is 9.60. The summed E-state index contributed by atoms with van der Waals surface area (Å²) in [7, 11) is 8.83. The lowest BCUT2D eigenvalue weighted by Crippen LogP contribution is -2.18. The highest BCUT2D eigenvalue weighted by Crippen LogP contribution is 2.37. The maximum absolute atomic E-state index is 12.8. The number of aromatic nitrogens is 2. The van der Waals surface area contributed by atoms with Crippen molar-refractivity contribution in [2.24, 2.45) is 7.05 Å². The molecule has 31 heavy (non-hydrogen) atoms. The summed E-state index contributed by atoms with van der Waals surface area (Å²) >= 11 is 0. The van der Waals surface area contributed by atoms with Gasteiger partial charge in [-0.05, 0) is 37.9 Å². The number of hydrogen-bond acceptors (Lipinski definition) is 7. The Hall–Kier alpha value is -3.59. The van der Waals surface area contributed by atoms with E-state index in [0.29, 0.717) is 34.6 Å². The van der Waals surface area contributed by atoms with Crippen molar-refractivity contribution in [3.8, 4) is 22.6 Å². The molecule has 0 atom stereocenters. The molecule has 0 spiro atoms. The van der Waals surface area contributed by atoms with Gasteiger partial charge in [-0.25, -0.2) is 4.98 Å². The molecule has 0 amide bonds. The number of methoxy groups -OCH3 is 2. The number of nitrogens with one attached hydrogen (secondary N) is 1. The van der Waals surface area contributed by atoms with Gasteiger partial charge in [-0.2, -0.15) is 0 Å². The molecule has 3 rings (SSSR count). The second-order valence-electron chi connectivity index (χ2n) is 7.42. The number of rotatable bonds is 8. The number of anilines is 1. The Morgan fingerprint density at radius 2 is 1.81 bits per heavy atom. The van der Waals surface area contributed by atoms with E-state index in [0.717, 1.165) is 16.7 Å². The molecule has 0 saturated carbocycles. The SMILES string of the molecule is COc1cc(-c2cn(C)c(=O)c3cc(NCC(=O)O)ncc23)cc(OC)c1CN(C)C. The van der Waals surface area contributed by atoms with Crippen LogP contribution in [0.1, 0.15) is 5.56 Å². The number of carbonyl (C=O) groups is 1. The summed E-state index contributed by atoms with van der Waals surface area (Å²) in [6, 6.07) is 5.40. The number of fused-ring (bicyclic) bond motifs is 1. The zero-order valence-corrected chi connectivity index (χ0v) is 18.2. The molecule has 0 aliphatic carbocycles. The van der Waals surface area contributed by atoms with Crippen LogP contribution in [0.3, 0.4) is 0 Å². The molecule has 2 N–H and O–H groups in total. The molecular weight excluding hydrogens is 400 g/mol. The van der Waals surface area contributed by atoms with Gasteiger partial charge in [0, 0.05) is 36.9 Å². The van der Waals surface area contributed by atoms with E-state index in [1.165, 1.54) is 4.57 Å². The lowest BCUT2D eigenvalue weighted by Gasteiger charge is -2.19. The molecule has 0 unspecified atom stereocenters. The average molecular weight is 426 g/mol. The molecule has 9 nitrogen and oxygen atoms in total. The molecule has 2 heterocycles. The lowest BCUT2D eigenvalue weighted by atomic mass is 9.99. The minimum atomic E-state index is -1.01. The van der Waals surface area contributed by atoms with Crippen molar-refractivity contribution in [1.29, 1.82) is 0 Å². The molecule has 3 aromatic rings. The summed E-state index contributed by atoms with van der Waals surface area (Å²) in [6.07, 6.45) is 3.32. The Morgan fingerprint density at radius 1 is 1.16 bits per heavy atom. The normalized spacial score (nSPS) is 11.0. The highest BCUT2D eigenvalue weighted by Gasteiger charge is 2.17. The maximum Gasteiger partial charge on any atom is 0.322 e. The molecular formula is C22H26N4O5. The fourth-order valence-electron chi connectivity index (χ4n) is 3.46. The number of pyridine rings is 2. The van der Waals surface area contributed by atoms with Gasteiger partial charge in [-0.1, -0.05) is 0 Å². The van der Waals surface area contributed by atoms with E-state index in [2.05, 4.69) is 10.3 Å². The summed E-state index contributed by atoms with van der Waals surface area (Å²) in [5, 5.41) is 12.6. The third kappa shape index (κ3) is 4.61. The molecule has 0 bridgehead atoms. The molecule has 0 aliphatic heterocycles. The van der Waals surface area contributed by atoms with E-state index < -0.39 is 5.97 Å². The minimum Gasteiger partial charge on any atom is -0.496 e. The van der Waals surface area contributed by atoms with E-state index >= 15 is 0 Å². The van der Waals surface area contributed by atoms with Crippen molar-refractivity contribution < 1.29 is 19.4 Å². The first-order valence-electron chi connectivity index (χ1n) is 9.60. The van der Waals surface area contributed by atoms with Gasteiger partial charge in [-0.3, -0.25) is 9.59 Å². The topological polar surface area (TPSA) is 106 Å². The van der Waals surface area contributed by atoms with Crippen LogP contribution < -0.4 is 20.3 Å². The summed E-state index contributed by atoms with van der Waals surface area (Å²) in [5.41, 5.74) is 2.31. The second-order valence-corrected chi connectivity index (χ2v) is 7.42. The minimum absolute atomic E-state index is 0.206. The van der Waals surface area contributed by atoms with Crippen molar-refractivity contribution in [3.63, 3.8) is 0 Å². The zero-order chi connectivity index (χ0) is 22.7. The second kappa shape index (κ2) is 9.05. The number of benzene rings is 1. The van der Waals surface area contributed by atoms with Gasteiger partial charge in [-0.15, -0.1) is 0 Å². The predicted octanol–water partition coefficient (Wildman–Crippen LogP) is 2.18. The molecule has 0 aliphatic rings. The molecule has 0 fully saturated rings. The van der Waals surface area contributed by atoms with Crippen molar-refractivity contribution in [2.75, 3.05) is 40.2 Å². The number of aryl methyl sites for hydroxylation is 1. The molecule has 0 radical (unpaired) electrons. The summed E-state index contributed by atoms with van der Waals surface area (Å²) in [6.45, 7) is 0.348. The monoisotopic (exact) mass is 426 g/mol. The Kier molecular flexibility index (Phi) is 6.45. The van der Waals surface area contributed by atoms with E-state index in [1.807, 2.05) is 31.1 Å². The standard InChI is InChI=1S/C22H26N4O5/c1-25(2)11-17-18(30-4)6-13(7-19(17)31-5)16-12-26(3)22(29)14-8-20(23-9-15(14)16)24-10-21(27)28/h6-9,12H,10-11H2,1-5H3,(H,23,24)(H,27,28). The largest absolute Gasteiger partial charge is 0.496 e. The number of nitrogens with zero attached hydrogens (tertiary/aromatic N) is 3. The fourth-order valence-corrected chi connectivity index (χ4v) is 3.46. The first-order chi connectivity index (χ1) is 14.7. The van der Waals surface area contributed by atoms with Gasteiger partial charge in [0.2, 0.25) is 0 Å². The van der Waals surface area contributed by atoms with Gasteiger partial charge in [0.15, 0.2) is 0 Å². The number of hydrogen-bond donors (Lipinski definition) is 2. The van der Waals surface area contributed by atoms with E-state index in [4.69, 9.17) is 14.6 Å². The van der Waals surface area contributed by atoms with Crippen LogP contribution in [0.5, 0.6) is 11.5 Å². The lowest BCUT2D eigenvalue weighted by molar-refractivity contribution is -0.134. The first kappa shape index (κ1) is 22.1. The Morgan fingerprint density at radius 3 is 2.35 bits per heavy atom. The number of carboxylic acids is 1. The summed E-state index contributed by atoms with van der Waals surface area (Å²) in [4.78, 5) is 29.9. The van der Waals surface area contributed by atoms with Gasteiger partial charge < -0.3 is 29.4 Å². The van der Waals surface area contributed by atoms with Crippen molar-refractivity contribution >= 4 is 22.6 Å². The smallest absolute Gasteiger partial charge is 0.322 e. The van der Waals surface area contributed by atoms with E-state index in [9.17, 15) is 9.59 Å². The Bertz CT molecular complexity index is 1160. The molecule has 1 aromatic carbocycles. The third-order valence-corrected chi connectivity index (χ3v) is 4.88. The Labute approximate surface area is 179 Å². The summed E-state index contributed by atoms with van der Waals surface area (Å²) < 4.78 is 12.8. The van der Waals surface area contributed by atoms with Crippen molar-refractivity contribution in [2.45, 2.75) is 6.54 Å². The fraction of sp³-hybridized carbons (Fsp3) is 0.318. The number of carboxylic acid groups (broad SMARTS) is 1. The van der Waals surface area contributed by atoms with Crippen LogP contribution in [0.2, 0.25) is 0 Å². The van der Waals surface area contributed by atoms with E-state index in [-0.39, 0.29) is 12.1 Å². The molecule has 164 valence electrons. The van der Waals surface area contributed by atoms with Crippen LogP contribution in [-0.4, -0.2) is 60.4 Å².